The molecule has 0 radical (unpaired) electrons. The number of hydrogen-bond acceptors (Lipinski definition) is 7. The van der Waals surface area contributed by atoms with Gasteiger partial charge in [0.25, 0.3) is 0 Å². The van der Waals surface area contributed by atoms with Crippen LogP contribution in [0.2, 0.25) is 0 Å². The Labute approximate surface area is 127 Å². The van der Waals surface area contributed by atoms with E-state index in [1.54, 1.807) is 4.57 Å². The minimum Gasteiger partial charge on any atom is -0.382 e. The van der Waals surface area contributed by atoms with E-state index in [2.05, 4.69) is 19.5 Å². The zero-order valence-corrected chi connectivity index (χ0v) is 12.5. The summed E-state index contributed by atoms with van der Waals surface area (Å²) in [6.45, 7) is -1.67. The van der Waals surface area contributed by atoms with E-state index in [0.29, 0.717) is 11.2 Å². The van der Waals surface area contributed by atoms with Crippen LogP contribution >= 0.6 is 7.60 Å². The molecule has 0 saturated heterocycles. The van der Waals surface area contributed by atoms with E-state index in [0.717, 1.165) is 0 Å². The first-order valence-corrected chi connectivity index (χ1v) is 7.96. The number of rotatable bonds is 7. The Kier molecular flexibility index (Phi) is 5.19. The maximum Gasteiger partial charge on any atom is 0.412 e. The zero-order valence-electron chi connectivity index (χ0n) is 11.6. The summed E-state index contributed by atoms with van der Waals surface area (Å²) < 4.78 is 57.4. The number of anilines is 1. The van der Waals surface area contributed by atoms with E-state index in [-0.39, 0.29) is 19.0 Å². The molecule has 0 fully saturated rings. The summed E-state index contributed by atoms with van der Waals surface area (Å²) in [4.78, 5) is 21.0. The lowest BCUT2D eigenvalue weighted by Crippen LogP contribution is -2.17. The van der Waals surface area contributed by atoms with Crippen molar-refractivity contribution in [3.8, 4) is 0 Å². The molecule has 2 heterocycles. The average Bonchev–Trinajstić information content (AvgIpc) is 2.86. The molecule has 0 bridgehead atoms. The average molecular weight is 355 g/mol. The third-order valence-corrected chi connectivity index (χ3v) is 3.63. The zero-order chi connectivity index (χ0) is 17.1. The molecule has 0 saturated carbocycles. The lowest BCUT2D eigenvalue weighted by Gasteiger charge is -2.14. The van der Waals surface area contributed by atoms with E-state index < -0.39 is 26.7 Å². The van der Waals surface area contributed by atoms with E-state index in [1.807, 2.05) is 0 Å². The van der Waals surface area contributed by atoms with Crippen LogP contribution in [0.3, 0.4) is 0 Å². The summed E-state index contributed by atoms with van der Waals surface area (Å²) in [6.07, 6.45) is -2.86. The Morgan fingerprint density at radius 3 is 2.78 bits per heavy atom. The summed E-state index contributed by atoms with van der Waals surface area (Å²) in [5, 5.41) is 0. The summed E-state index contributed by atoms with van der Waals surface area (Å²) in [5.74, 6) is 0.204. The van der Waals surface area contributed by atoms with Crippen LogP contribution in [0.4, 0.5) is 19.0 Å². The largest absolute Gasteiger partial charge is 0.412 e. The van der Waals surface area contributed by atoms with Crippen molar-refractivity contribution in [2.45, 2.75) is 12.7 Å². The van der Waals surface area contributed by atoms with Crippen LogP contribution in [0.1, 0.15) is 0 Å². The summed E-state index contributed by atoms with van der Waals surface area (Å²) in [6, 6.07) is 0. The van der Waals surface area contributed by atoms with Crippen molar-refractivity contribution in [3.63, 3.8) is 0 Å². The highest BCUT2D eigenvalue weighted by Gasteiger charge is 2.32. The fraction of sp³-hybridized carbons (Fsp3) is 0.500. The molecule has 2 aromatic rings. The molecule has 3 N–H and O–H groups in total. The molecule has 0 aliphatic rings. The van der Waals surface area contributed by atoms with E-state index in [9.17, 15) is 22.6 Å². The molecule has 23 heavy (non-hydrogen) atoms. The second-order valence-corrected chi connectivity index (χ2v) is 6.22. The van der Waals surface area contributed by atoms with Crippen molar-refractivity contribution in [1.82, 2.24) is 19.5 Å². The SMILES string of the molecule is Nc1ncnc2c1ncn2CCOCP(=O)(O)OCC(F)(F)F. The number of aromatic nitrogens is 4. The molecule has 9 nitrogen and oxygen atoms in total. The van der Waals surface area contributed by atoms with Gasteiger partial charge in [0.15, 0.2) is 18.1 Å². The normalized spacial score (nSPS) is 15.0. The second-order valence-electron chi connectivity index (χ2n) is 4.43. The van der Waals surface area contributed by atoms with Gasteiger partial charge >= 0.3 is 13.8 Å². The molecule has 0 aliphatic heterocycles. The Morgan fingerprint density at radius 1 is 1.35 bits per heavy atom. The van der Waals surface area contributed by atoms with Crippen molar-refractivity contribution in [1.29, 1.82) is 0 Å². The highest BCUT2D eigenvalue weighted by molar-refractivity contribution is 7.52. The summed E-state index contributed by atoms with van der Waals surface area (Å²) in [7, 11) is -4.46. The van der Waals surface area contributed by atoms with E-state index in [4.69, 9.17) is 10.5 Å². The molecule has 1 atom stereocenters. The number of halogens is 3. The predicted molar refractivity (Wildman–Crippen MR) is 72.4 cm³/mol. The van der Waals surface area contributed by atoms with Gasteiger partial charge in [0.05, 0.1) is 12.9 Å². The monoisotopic (exact) mass is 355 g/mol. The van der Waals surface area contributed by atoms with E-state index >= 15 is 0 Å². The molecule has 0 spiro atoms. The molecule has 2 aromatic heterocycles. The minimum absolute atomic E-state index is 0.0602. The number of nitrogen functional groups attached to an aromatic ring is 1. The number of imidazole rings is 1. The number of nitrogens with zero attached hydrogens (tertiary/aromatic N) is 4. The van der Waals surface area contributed by atoms with Crippen molar-refractivity contribution in [2.75, 3.05) is 25.3 Å². The van der Waals surface area contributed by atoms with Crippen LogP contribution < -0.4 is 5.73 Å². The first-order chi connectivity index (χ1) is 10.7. The Morgan fingerprint density at radius 2 is 2.09 bits per heavy atom. The molecule has 0 amide bonds. The van der Waals surface area contributed by atoms with Gasteiger partial charge in [0.2, 0.25) is 0 Å². The van der Waals surface area contributed by atoms with Gasteiger partial charge in [-0.25, -0.2) is 15.0 Å². The smallest absolute Gasteiger partial charge is 0.382 e. The molecule has 0 aliphatic carbocycles. The number of nitrogens with two attached hydrogens (primary N) is 1. The predicted octanol–water partition coefficient (Wildman–Crippen LogP) is 1.15. The van der Waals surface area contributed by atoms with Crippen LogP contribution in [0.15, 0.2) is 12.7 Å². The highest BCUT2D eigenvalue weighted by atomic mass is 31.2. The van der Waals surface area contributed by atoms with Crippen molar-refractivity contribution in [3.05, 3.63) is 12.7 Å². The molecule has 13 heteroatoms. The maximum atomic E-state index is 11.9. The van der Waals surface area contributed by atoms with Gasteiger partial charge in [-0.1, -0.05) is 0 Å². The van der Waals surface area contributed by atoms with E-state index in [1.165, 1.54) is 12.7 Å². The molecule has 2 rings (SSSR count). The van der Waals surface area contributed by atoms with Gasteiger partial charge in [-0.15, -0.1) is 0 Å². The summed E-state index contributed by atoms with van der Waals surface area (Å²) in [5.41, 5.74) is 6.46. The Hall–Kier alpha value is -1.75. The lowest BCUT2D eigenvalue weighted by molar-refractivity contribution is -0.155. The lowest BCUT2D eigenvalue weighted by atomic mass is 10.5. The third kappa shape index (κ3) is 5.13. The number of fused-ring (bicyclic) bond motifs is 1. The van der Waals surface area contributed by atoms with Gasteiger partial charge in [-0.05, 0) is 0 Å². The molecule has 1 unspecified atom stereocenters. The standard InChI is InChI=1S/C10H13F3N5O4P/c11-10(12,13)3-22-23(19,20)6-21-2-1-18-5-17-7-8(14)15-4-16-9(7)18/h4-5H,1-3,6H2,(H,19,20)(H2,14,15,16). The molecular weight excluding hydrogens is 342 g/mol. The quantitative estimate of drug-likeness (QED) is 0.560. The highest BCUT2D eigenvalue weighted by Crippen LogP contribution is 2.43. The van der Waals surface area contributed by atoms with Crippen LogP contribution in [0.5, 0.6) is 0 Å². The number of ether oxygens (including phenoxy) is 1. The van der Waals surface area contributed by atoms with Gasteiger partial charge in [0.1, 0.15) is 18.2 Å². The Balaban J connectivity index is 1.83. The molecular formula is C10H13F3N5O4P. The van der Waals surface area contributed by atoms with Crippen LogP contribution in [-0.2, 0) is 20.4 Å². The maximum absolute atomic E-state index is 11.9. The number of hydrogen-bond donors (Lipinski definition) is 2. The first-order valence-electron chi connectivity index (χ1n) is 6.20. The van der Waals surface area contributed by atoms with Gasteiger partial charge in [0, 0.05) is 6.54 Å². The first kappa shape index (κ1) is 17.6. The topological polar surface area (TPSA) is 125 Å². The van der Waals surface area contributed by atoms with Crippen LogP contribution in [-0.4, -0.2) is 50.2 Å². The van der Waals surface area contributed by atoms with Gasteiger partial charge in [-0.2, -0.15) is 13.2 Å². The molecule has 128 valence electrons. The fourth-order valence-electron chi connectivity index (χ4n) is 1.62. The minimum atomic E-state index is -4.69. The summed E-state index contributed by atoms with van der Waals surface area (Å²) >= 11 is 0. The van der Waals surface area contributed by atoms with Crippen molar-refractivity contribution < 1.29 is 31.9 Å². The van der Waals surface area contributed by atoms with Gasteiger partial charge in [-0.3, -0.25) is 9.09 Å². The third-order valence-electron chi connectivity index (χ3n) is 2.59. The van der Waals surface area contributed by atoms with Gasteiger partial charge < -0.3 is 19.9 Å². The van der Waals surface area contributed by atoms with Crippen molar-refractivity contribution >= 4 is 24.6 Å². The van der Waals surface area contributed by atoms with Crippen molar-refractivity contribution in [2.24, 2.45) is 0 Å². The van der Waals surface area contributed by atoms with Crippen LogP contribution in [0, 0.1) is 0 Å². The molecule has 0 aromatic carbocycles. The second kappa shape index (κ2) is 6.79. The fourth-order valence-corrected chi connectivity index (χ4v) is 2.40. The number of alkyl halides is 3. The van der Waals surface area contributed by atoms with Crippen LogP contribution in [0.25, 0.3) is 11.2 Å². The Bertz CT molecular complexity index is 722.